The maximum atomic E-state index is 12.1. The highest BCUT2D eigenvalue weighted by Crippen LogP contribution is 2.27. The van der Waals surface area contributed by atoms with Crippen molar-refractivity contribution in [1.82, 2.24) is 20.1 Å². The van der Waals surface area contributed by atoms with Gasteiger partial charge < -0.3 is 5.32 Å². The zero-order valence-corrected chi connectivity index (χ0v) is 14.0. The Morgan fingerprint density at radius 2 is 2.27 bits per heavy atom. The summed E-state index contributed by atoms with van der Waals surface area (Å²) in [6, 6.07) is 6.15. The molecule has 1 saturated carbocycles. The molecule has 1 fully saturated rings. The van der Waals surface area contributed by atoms with E-state index in [9.17, 15) is 4.79 Å². The fourth-order valence-corrected chi connectivity index (χ4v) is 3.00. The number of aryl methyl sites for hydroxylation is 1. The average molecular weight is 337 g/mol. The molecule has 2 aromatic rings. The molecule has 0 spiro atoms. The van der Waals surface area contributed by atoms with Crippen molar-refractivity contribution in [3.63, 3.8) is 0 Å². The number of nitrogens with one attached hydrogen (secondary N) is 1. The van der Waals surface area contributed by atoms with Crippen LogP contribution in [0, 0.1) is 6.92 Å². The van der Waals surface area contributed by atoms with Crippen molar-refractivity contribution in [2.75, 3.05) is 0 Å². The molecular formula is C15H17ClN4OS. The molecule has 1 N–H and O–H groups in total. The van der Waals surface area contributed by atoms with Crippen LogP contribution in [0.2, 0.25) is 5.02 Å². The van der Waals surface area contributed by atoms with Crippen LogP contribution in [0.15, 0.2) is 29.7 Å². The Morgan fingerprint density at radius 3 is 2.95 bits per heavy atom. The summed E-state index contributed by atoms with van der Waals surface area (Å²) < 4.78 is 1.84. The van der Waals surface area contributed by atoms with Gasteiger partial charge in [0, 0.05) is 11.1 Å². The summed E-state index contributed by atoms with van der Waals surface area (Å²) in [4.78, 5) is 12.1. The molecule has 1 aromatic heterocycles. The van der Waals surface area contributed by atoms with Crippen LogP contribution in [0.3, 0.4) is 0 Å². The number of rotatable bonds is 5. The van der Waals surface area contributed by atoms with E-state index < -0.39 is 0 Å². The summed E-state index contributed by atoms with van der Waals surface area (Å²) in [7, 11) is 0. The van der Waals surface area contributed by atoms with E-state index in [1.165, 1.54) is 11.8 Å². The van der Waals surface area contributed by atoms with Crippen molar-refractivity contribution in [2.24, 2.45) is 0 Å². The van der Waals surface area contributed by atoms with Gasteiger partial charge in [-0.05, 0) is 44.4 Å². The van der Waals surface area contributed by atoms with Gasteiger partial charge in [-0.1, -0.05) is 29.4 Å². The van der Waals surface area contributed by atoms with E-state index in [2.05, 4.69) is 15.5 Å². The molecule has 1 atom stereocenters. The van der Waals surface area contributed by atoms with Crippen LogP contribution in [0.1, 0.15) is 25.3 Å². The molecule has 1 aliphatic rings. The van der Waals surface area contributed by atoms with Gasteiger partial charge in [0.1, 0.15) is 6.33 Å². The lowest BCUT2D eigenvalue weighted by atomic mass is 10.2. The minimum Gasteiger partial charge on any atom is -0.352 e. The van der Waals surface area contributed by atoms with Gasteiger partial charge in [-0.15, -0.1) is 10.2 Å². The first kappa shape index (κ1) is 15.4. The number of halogens is 1. The smallest absolute Gasteiger partial charge is 0.233 e. The first-order valence-electron chi connectivity index (χ1n) is 7.18. The maximum absolute atomic E-state index is 12.1. The quantitative estimate of drug-likeness (QED) is 0.853. The average Bonchev–Trinajstić information content (AvgIpc) is 3.18. The maximum Gasteiger partial charge on any atom is 0.233 e. The Morgan fingerprint density at radius 1 is 1.50 bits per heavy atom. The summed E-state index contributed by atoms with van der Waals surface area (Å²) in [6.07, 6.45) is 3.80. The van der Waals surface area contributed by atoms with Crippen molar-refractivity contribution in [2.45, 2.75) is 43.1 Å². The monoisotopic (exact) mass is 336 g/mol. The highest BCUT2D eigenvalue weighted by Gasteiger charge is 2.26. The van der Waals surface area contributed by atoms with E-state index in [-0.39, 0.29) is 11.2 Å². The Hall–Kier alpha value is -1.53. The zero-order chi connectivity index (χ0) is 15.7. The van der Waals surface area contributed by atoms with Crippen LogP contribution in [-0.2, 0) is 4.79 Å². The normalized spacial score (nSPS) is 15.6. The summed E-state index contributed by atoms with van der Waals surface area (Å²) in [6.45, 7) is 3.84. The molecule has 1 amide bonds. The molecule has 3 rings (SSSR count). The second-order valence-corrected chi connectivity index (χ2v) is 7.18. The Labute approximate surface area is 138 Å². The van der Waals surface area contributed by atoms with Crippen molar-refractivity contribution >= 4 is 29.3 Å². The molecule has 0 aliphatic heterocycles. The number of carbonyl (C=O) groups excluding carboxylic acids is 1. The van der Waals surface area contributed by atoms with Gasteiger partial charge in [0.25, 0.3) is 0 Å². The van der Waals surface area contributed by atoms with E-state index in [1.54, 1.807) is 6.33 Å². The van der Waals surface area contributed by atoms with E-state index in [1.807, 2.05) is 36.6 Å². The number of hydrogen-bond donors (Lipinski definition) is 1. The Kier molecular flexibility index (Phi) is 4.40. The number of carbonyl (C=O) groups is 1. The van der Waals surface area contributed by atoms with E-state index in [0.29, 0.717) is 16.2 Å². The van der Waals surface area contributed by atoms with Crippen LogP contribution in [-0.4, -0.2) is 32.0 Å². The highest BCUT2D eigenvalue weighted by molar-refractivity contribution is 8.00. The van der Waals surface area contributed by atoms with Crippen LogP contribution >= 0.6 is 23.4 Å². The van der Waals surface area contributed by atoms with Crippen LogP contribution < -0.4 is 5.32 Å². The van der Waals surface area contributed by atoms with Gasteiger partial charge in [0.15, 0.2) is 5.16 Å². The van der Waals surface area contributed by atoms with Crippen molar-refractivity contribution in [3.05, 3.63) is 35.1 Å². The van der Waals surface area contributed by atoms with Crippen LogP contribution in [0.4, 0.5) is 0 Å². The topological polar surface area (TPSA) is 59.8 Å². The van der Waals surface area contributed by atoms with Crippen molar-refractivity contribution in [1.29, 1.82) is 0 Å². The molecule has 116 valence electrons. The Balaban J connectivity index is 1.76. The Bertz CT molecular complexity index is 699. The number of benzene rings is 1. The molecule has 0 bridgehead atoms. The molecule has 1 heterocycles. The minimum atomic E-state index is -0.218. The summed E-state index contributed by atoms with van der Waals surface area (Å²) >= 11 is 7.57. The third-order valence-electron chi connectivity index (χ3n) is 3.53. The molecule has 0 saturated heterocycles. The lowest BCUT2D eigenvalue weighted by Crippen LogP contribution is -2.32. The first-order valence-corrected chi connectivity index (χ1v) is 8.44. The summed E-state index contributed by atoms with van der Waals surface area (Å²) in [5, 5.41) is 12.2. The third-order valence-corrected chi connectivity index (χ3v) is 4.99. The number of hydrogen-bond acceptors (Lipinski definition) is 4. The largest absolute Gasteiger partial charge is 0.352 e. The van der Waals surface area contributed by atoms with Gasteiger partial charge in [-0.3, -0.25) is 9.36 Å². The van der Waals surface area contributed by atoms with Gasteiger partial charge in [0.2, 0.25) is 5.91 Å². The summed E-state index contributed by atoms with van der Waals surface area (Å²) in [5.41, 5.74) is 1.91. The molecule has 7 heteroatoms. The van der Waals surface area contributed by atoms with E-state index >= 15 is 0 Å². The van der Waals surface area contributed by atoms with Gasteiger partial charge in [0.05, 0.1) is 10.9 Å². The number of aromatic nitrogens is 3. The second kappa shape index (κ2) is 6.30. The molecule has 0 radical (unpaired) electrons. The van der Waals surface area contributed by atoms with Crippen LogP contribution in [0.25, 0.3) is 5.69 Å². The lowest BCUT2D eigenvalue weighted by molar-refractivity contribution is -0.120. The molecular weight excluding hydrogens is 320 g/mol. The SMILES string of the molecule is Cc1ccc(-n2cnnc2S[C@@H](C)C(=O)NC2CC2)cc1Cl. The standard InChI is InChI=1S/C15H17ClN4OS/c1-9-3-6-12(7-13(9)16)20-8-17-19-15(20)22-10(2)14(21)18-11-4-5-11/h3,6-8,10-11H,4-5H2,1-2H3,(H,18,21)/t10-/m0/s1. The van der Waals surface area contributed by atoms with Gasteiger partial charge in [-0.25, -0.2) is 0 Å². The molecule has 22 heavy (non-hydrogen) atoms. The van der Waals surface area contributed by atoms with E-state index in [4.69, 9.17) is 11.6 Å². The molecule has 1 aliphatic carbocycles. The lowest BCUT2D eigenvalue weighted by Gasteiger charge is -2.12. The second-order valence-electron chi connectivity index (χ2n) is 5.46. The van der Waals surface area contributed by atoms with Crippen LogP contribution in [0.5, 0.6) is 0 Å². The van der Waals surface area contributed by atoms with Crippen molar-refractivity contribution < 1.29 is 4.79 Å². The van der Waals surface area contributed by atoms with Gasteiger partial charge in [-0.2, -0.15) is 0 Å². The predicted octanol–water partition coefficient (Wildman–Crippen LogP) is 2.99. The van der Waals surface area contributed by atoms with Gasteiger partial charge >= 0.3 is 0 Å². The number of nitrogens with zero attached hydrogens (tertiary/aromatic N) is 3. The first-order chi connectivity index (χ1) is 10.5. The molecule has 0 unspecified atom stereocenters. The fraction of sp³-hybridized carbons (Fsp3) is 0.400. The molecule has 1 aromatic carbocycles. The van der Waals surface area contributed by atoms with E-state index in [0.717, 1.165) is 24.1 Å². The number of amides is 1. The number of thioether (sulfide) groups is 1. The molecule has 5 nitrogen and oxygen atoms in total. The highest BCUT2D eigenvalue weighted by atomic mass is 35.5. The predicted molar refractivity (Wildman–Crippen MR) is 87.6 cm³/mol. The minimum absolute atomic E-state index is 0.0454. The third kappa shape index (κ3) is 3.44. The van der Waals surface area contributed by atoms with Crippen molar-refractivity contribution in [3.8, 4) is 5.69 Å². The zero-order valence-electron chi connectivity index (χ0n) is 12.4. The summed E-state index contributed by atoms with van der Waals surface area (Å²) in [5.74, 6) is 0.0454. The fourth-order valence-electron chi connectivity index (χ4n) is 1.97.